The average Bonchev–Trinajstić information content (AvgIpc) is 3.11. The number of likely N-dealkylation sites (N-methyl/N-ethyl adjacent to an activating group) is 1. The Morgan fingerprint density at radius 2 is 1.83 bits per heavy atom. The molecular weight excluding hydrogens is 588 g/mol. The summed E-state index contributed by atoms with van der Waals surface area (Å²) in [5.74, 6) is -1.65. The molecule has 2 atom stereocenters. The van der Waals surface area contributed by atoms with Crippen molar-refractivity contribution in [2.24, 2.45) is 17.6 Å². The molecule has 1 fully saturated rings. The molecule has 5 rings (SSSR count). The van der Waals surface area contributed by atoms with Crippen molar-refractivity contribution in [3.8, 4) is 5.75 Å². The van der Waals surface area contributed by atoms with Crippen LogP contribution >= 0.6 is 15.9 Å². The fourth-order valence-corrected chi connectivity index (χ4v) is 6.26. The van der Waals surface area contributed by atoms with E-state index in [1.165, 1.54) is 0 Å². The number of nitrogens with zero attached hydrogens (tertiary/aromatic N) is 2. The van der Waals surface area contributed by atoms with E-state index < -0.39 is 17.4 Å². The number of hydrogen-bond donors (Lipinski definition) is 2. The van der Waals surface area contributed by atoms with Crippen molar-refractivity contribution in [1.82, 2.24) is 5.32 Å². The molecule has 41 heavy (non-hydrogen) atoms. The van der Waals surface area contributed by atoms with Crippen molar-refractivity contribution in [3.05, 3.63) is 64.6 Å². The van der Waals surface area contributed by atoms with Gasteiger partial charge in [0, 0.05) is 35.7 Å². The highest BCUT2D eigenvalue weighted by atomic mass is 79.9. The number of carbonyl (C=O) groups is 3. The van der Waals surface area contributed by atoms with Crippen LogP contribution in [-0.4, -0.2) is 57.2 Å². The van der Waals surface area contributed by atoms with E-state index in [1.54, 1.807) is 30.9 Å². The zero-order valence-corrected chi connectivity index (χ0v) is 25.1. The first-order valence-corrected chi connectivity index (χ1v) is 14.5. The standard InChI is InChI=1S/C31H35BrN4O5/c1-31(34-2,30(33)39)24-18-36(28(37)19-12-14-41-15-13-19)26-7-5-4-6-25(26)35(29(24)38)17-23-22-10-9-21(32)16-20(22)8-11-27(23)40-3/h4-11,16,19,24,34H,12-15,17-18H2,1-3H3,(H2,33,39)/t24-,31?/m1/s1. The lowest BCUT2D eigenvalue weighted by Crippen LogP contribution is -2.63. The van der Waals surface area contributed by atoms with Crippen molar-refractivity contribution in [1.29, 1.82) is 0 Å². The summed E-state index contributed by atoms with van der Waals surface area (Å²) >= 11 is 3.54. The molecule has 2 aliphatic rings. The number of anilines is 2. The number of nitrogens with two attached hydrogens (primary N) is 1. The SMILES string of the molecule is CNC(C)(C(N)=O)[C@@H]1CN(C(=O)C2CCOCC2)c2ccccc2N(Cc2c(OC)ccc3cc(Br)ccc23)C1=O. The maximum Gasteiger partial charge on any atom is 0.238 e. The van der Waals surface area contributed by atoms with Gasteiger partial charge in [0.1, 0.15) is 11.3 Å². The third-order valence-corrected chi connectivity index (χ3v) is 9.04. The van der Waals surface area contributed by atoms with E-state index >= 15 is 0 Å². The summed E-state index contributed by atoms with van der Waals surface area (Å²) in [6.07, 6.45) is 1.20. The second kappa shape index (κ2) is 11.8. The van der Waals surface area contributed by atoms with Crippen LogP contribution in [0.2, 0.25) is 0 Å². The van der Waals surface area contributed by atoms with E-state index in [1.807, 2.05) is 54.6 Å². The number of hydrogen-bond acceptors (Lipinski definition) is 6. The number of benzene rings is 3. The summed E-state index contributed by atoms with van der Waals surface area (Å²) in [6.45, 7) is 2.80. The summed E-state index contributed by atoms with van der Waals surface area (Å²) in [7, 11) is 3.21. The lowest BCUT2D eigenvalue weighted by molar-refractivity contribution is -0.134. The minimum absolute atomic E-state index is 0.00242. The Kier molecular flexibility index (Phi) is 8.35. The number of para-hydroxylation sites is 2. The van der Waals surface area contributed by atoms with E-state index in [2.05, 4.69) is 21.2 Å². The molecule has 10 heteroatoms. The normalized spacial score (nSPS) is 19.4. The molecule has 0 bridgehead atoms. The van der Waals surface area contributed by atoms with Crippen molar-refractivity contribution >= 4 is 55.8 Å². The number of fused-ring (bicyclic) bond motifs is 2. The molecule has 3 aromatic rings. The number of primary amides is 1. The molecule has 216 valence electrons. The molecule has 0 spiro atoms. The van der Waals surface area contributed by atoms with Gasteiger partial charge in [-0.15, -0.1) is 0 Å². The van der Waals surface area contributed by atoms with Crippen LogP contribution in [0, 0.1) is 11.8 Å². The molecule has 2 heterocycles. The van der Waals surface area contributed by atoms with Gasteiger partial charge < -0.3 is 30.3 Å². The molecule has 1 unspecified atom stereocenters. The monoisotopic (exact) mass is 622 g/mol. The number of carbonyl (C=O) groups excluding carboxylic acids is 3. The van der Waals surface area contributed by atoms with Gasteiger partial charge in [0.2, 0.25) is 17.7 Å². The quantitative estimate of drug-likeness (QED) is 0.412. The van der Waals surface area contributed by atoms with Crippen LogP contribution in [0.1, 0.15) is 25.3 Å². The fourth-order valence-electron chi connectivity index (χ4n) is 5.88. The fraction of sp³-hybridized carbons (Fsp3) is 0.387. The first-order valence-electron chi connectivity index (χ1n) is 13.7. The number of methoxy groups -OCH3 is 1. The summed E-state index contributed by atoms with van der Waals surface area (Å²) in [4.78, 5) is 44.9. The van der Waals surface area contributed by atoms with E-state index in [9.17, 15) is 14.4 Å². The van der Waals surface area contributed by atoms with Crippen molar-refractivity contribution in [2.75, 3.05) is 43.7 Å². The number of ether oxygens (including phenoxy) is 2. The van der Waals surface area contributed by atoms with Crippen LogP contribution < -0.4 is 25.6 Å². The third kappa shape index (κ3) is 5.31. The second-order valence-corrected chi connectivity index (χ2v) is 11.6. The van der Waals surface area contributed by atoms with Gasteiger partial charge in [-0.25, -0.2) is 0 Å². The average molecular weight is 624 g/mol. The molecule has 3 amide bonds. The Morgan fingerprint density at radius 1 is 1.12 bits per heavy atom. The molecule has 9 nitrogen and oxygen atoms in total. The Morgan fingerprint density at radius 3 is 2.49 bits per heavy atom. The largest absolute Gasteiger partial charge is 0.496 e. The Bertz CT molecular complexity index is 1490. The topological polar surface area (TPSA) is 114 Å². The molecule has 0 aromatic heterocycles. The molecule has 3 N–H and O–H groups in total. The predicted octanol–water partition coefficient (Wildman–Crippen LogP) is 4.00. The van der Waals surface area contributed by atoms with Gasteiger partial charge in [-0.05, 0) is 67.9 Å². The van der Waals surface area contributed by atoms with Crippen LogP contribution in [0.5, 0.6) is 5.75 Å². The first kappa shape index (κ1) is 29.0. The molecular formula is C31H35BrN4O5. The van der Waals surface area contributed by atoms with Gasteiger partial charge in [-0.1, -0.05) is 40.2 Å². The van der Waals surface area contributed by atoms with Crippen LogP contribution in [-0.2, 0) is 25.7 Å². The lowest BCUT2D eigenvalue weighted by Gasteiger charge is -2.37. The van der Waals surface area contributed by atoms with Gasteiger partial charge in [0.15, 0.2) is 0 Å². The van der Waals surface area contributed by atoms with Crippen molar-refractivity contribution in [2.45, 2.75) is 31.8 Å². The highest BCUT2D eigenvalue weighted by molar-refractivity contribution is 9.10. The minimum atomic E-state index is -1.42. The lowest BCUT2D eigenvalue weighted by atomic mass is 9.83. The molecule has 2 aliphatic heterocycles. The van der Waals surface area contributed by atoms with Gasteiger partial charge in [0.05, 0.1) is 30.9 Å². The second-order valence-electron chi connectivity index (χ2n) is 10.7. The van der Waals surface area contributed by atoms with Crippen LogP contribution in [0.4, 0.5) is 11.4 Å². The van der Waals surface area contributed by atoms with Gasteiger partial charge in [-0.3, -0.25) is 14.4 Å². The minimum Gasteiger partial charge on any atom is -0.496 e. The van der Waals surface area contributed by atoms with Crippen LogP contribution in [0.3, 0.4) is 0 Å². The zero-order valence-electron chi connectivity index (χ0n) is 23.5. The number of halogens is 1. The Balaban J connectivity index is 1.69. The number of rotatable bonds is 7. The highest BCUT2D eigenvalue weighted by Crippen LogP contribution is 2.41. The van der Waals surface area contributed by atoms with Crippen molar-refractivity contribution < 1.29 is 23.9 Å². The van der Waals surface area contributed by atoms with E-state index in [-0.39, 0.29) is 30.8 Å². The zero-order chi connectivity index (χ0) is 29.3. The summed E-state index contributed by atoms with van der Waals surface area (Å²) < 4.78 is 12.2. The molecule has 3 aromatic carbocycles. The molecule has 1 saturated heterocycles. The van der Waals surface area contributed by atoms with E-state index in [0.717, 1.165) is 20.8 Å². The molecule has 0 radical (unpaired) electrons. The summed E-state index contributed by atoms with van der Waals surface area (Å²) in [5.41, 5.74) is 6.51. The van der Waals surface area contributed by atoms with Gasteiger partial charge in [0.25, 0.3) is 0 Å². The van der Waals surface area contributed by atoms with Crippen molar-refractivity contribution in [3.63, 3.8) is 0 Å². The van der Waals surface area contributed by atoms with Crippen LogP contribution in [0.15, 0.2) is 59.1 Å². The number of nitrogens with one attached hydrogen (secondary N) is 1. The maximum absolute atomic E-state index is 14.6. The first-order chi connectivity index (χ1) is 19.7. The van der Waals surface area contributed by atoms with Gasteiger partial charge in [-0.2, -0.15) is 0 Å². The van der Waals surface area contributed by atoms with E-state index in [0.29, 0.717) is 43.2 Å². The smallest absolute Gasteiger partial charge is 0.238 e. The highest BCUT2D eigenvalue weighted by Gasteiger charge is 2.49. The molecule has 0 aliphatic carbocycles. The Hall–Kier alpha value is -3.47. The third-order valence-electron chi connectivity index (χ3n) is 8.54. The van der Waals surface area contributed by atoms with E-state index in [4.69, 9.17) is 15.2 Å². The van der Waals surface area contributed by atoms with Crippen LogP contribution in [0.25, 0.3) is 10.8 Å². The molecule has 0 saturated carbocycles. The summed E-state index contributed by atoms with van der Waals surface area (Å²) in [5, 5.41) is 4.92. The maximum atomic E-state index is 14.6. The predicted molar refractivity (Wildman–Crippen MR) is 162 cm³/mol. The number of amides is 3. The van der Waals surface area contributed by atoms with Gasteiger partial charge >= 0.3 is 0 Å². The Labute approximate surface area is 248 Å². The summed E-state index contributed by atoms with van der Waals surface area (Å²) in [6, 6.07) is 17.2.